The van der Waals surface area contributed by atoms with Gasteiger partial charge in [-0.05, 0) is 54.9 Å². The highest BCUT2D eigenvalue weighted by molar-refractivity contribution is 5.90. The summed E-state index contributed by atoms with van der Waals surface area (Å²) in [4.78, 5) is 26.1. The van der Waals surface area contributed by atoms with Crippen LogP contribution in [0.4, 0.5) is 0 Å². The van der Waals surface area contributed by atoms with Crippen molar-refractivity contribution in [1.29, 1.82) is 0 Å². The molecule has 2 atom stereocenters. The minimum absolute atomic E-state index is 0.243. The van der Waals surface area contributed by atoms with E-state index in [0.29, 0.717) is 22.9 Å². The zero-order chi connectivity index (χ0) is 19.1. The molecule has 1 spiro atoms. The molecule has 3 heterocycles. The molecule has 2 aliphatic carbocycles. The van der Waals surface area contributed by atoms with E-state index in [2.05, 4.69) is 35.3 Å². The largest absolute Gasteiger partial charge is 0.438 e. The van der Waals surface area contributed by atoms with Crippen LogP contribution < -0.4 is 5.76 Å². The molecule has 2 saturated carbocycles. The summed E-state index contributed by atoms with van der Waals surface area (Å²) in [5, 5.41) is 5.00. The van der Waals surface area contributed by atoms with Crippen LogP contribution in [-0.4, -0.2) is 34.2 Å². The first kappa shape index (κ1) is 16.3. The van der Waals surface area contributed by atoms with E-state index in [-0.39, 0.29) is 5.92 Å². The summed E-state index contributed by atoms with van der Waals surface area (Å²) in [6, 6.07) is 8.43. The summed E-state index contributed by atoms with van der Waals surface area (Å²) in [5.74, 6) is 0.726. The summed E-state index contributed by atoms with van der Waals surface area (Å²) >= 11 is 0. The molecule has 2 aromatic heterocycles. The SMILES string of the molecule is CC1CC1(c1noc(=O)[nH]1)n1c(C=O)cc2cc(C3CC4(COC4)C3)ccc21. The van der Waals surface area contributed by atoms with E-state index in [1.807, 2.05) is 10.6 Å². The Hall–Kier alpha value is -2.67. The molecular weight excluding hydrogens is 358 g/mol. The van der Waals surface area contributed by atoms with Gasteiger partial charge in [0.05, 0.1) is 18.9 Å². The maximum atomic E-state index is 11.9. The number of H-pyrrole nitrogens is 1. The predicted octanol–water partition coefficient (Wildman–Crippen LogP) is 2.81. The number of hydrogen-bond acceptors (Lipinski definition) is 5. The smallest absolute Gasteiger partial charge is 0.380 e. The molecule has 0 amide bonds. The molecule has 1 N–H and O–H groups in total. The Labute approximate surface area is 160 Å². The third kappa shape index (κ3) is 2.00. The fraction of sp³-hybridized carbons (Fsp3) is 0.476. The van der Waals surface area contributed by atoms with Crippen LogP contribution in [-0.2, 0) is 10.3 Å². The Bertz CT molecular complexity index is 1160. The summed E-state index contributed by atoms with van der Waals surface area (Å²) in [6.45, 7) is 3.89. The highest BCUT2D eigenvalue weighted by Gasteiger charge is 2.58. The lowest BCUT2D eigenvalue weighted by Gasteiger charge is -2.53. The normalized spacial score (nSPS) is 28.2. The van der Waals surface area contributed by atoms with Gasteiger partial charge in [0.15, 0.2) is 12.1 Å². The Kier molecular flexibility index (Phi) is 3.04. The van der Waals surface area contributed by atoms with Crippen molar-refractivity contribution in [2.45, 2.75) is 37.6 Å². The van der Waals surface area contributed by atoms with Crippen LogP contribution in [0.3, 0.4) is 0 Å². The number of aromatic nitrogens is 3. The van der Waals surface area contributed by atoms with E-state index >= 15 is 0 Å². The van der Waals surface area contributed by atoms with Crippen LogP contribution in [0.5, 0.6) is 0 Å². The standard InChI is InChI=1S/C21H21N3O4/c1-12-6-21(12,18-22-19(26)28-23-18)24-16(9-25)5-14-4-13(2-3-17(14)24)15-7-20(8-15)10-27-11-20/h2-5,9,12,15H,6-8,10-11H2,1H3,(H,22,23,26). The number of aldehydes is 1. The van der Waals surface area contributed by atoms with E-state index in [9.17, 15) is 9.59 Å². The maximum Gasteiger partial charge on any atom is 0.438 e. The minimum atomic E-state index is -0.571. The van der Waals surface area contributed by atoms with Gasteiger partial charge in [-0.3, -0.25) is 14.3 Å². The lowest BCUT2D eigenvalue weighted by molar-refractivity contribution is -0.164. The first-order valence-electron chi connectivity index (χ1n) is 9.80. The number of fused-ring (bicyclic) bond motifs is 1. The van der Waals surface area contributed by atoms with Crippen LogP contribution >= 0.6 is 0 Å². The zero-order valence-electron chi connectivity index (χ0n) is 15.6. The molecule has 0 radical (unpaired) electrons. The topological polar surface area (TPSA) is 90.1 Å². The molecular formula is C21H21N3O4. The van der Waals surface area contributed by atoms with Crippen LogP contribution in [0.1, 0.15) is 54.0 Å². The number of hydrogen-bond donors (Lipinski definition) is 1. The fourth-order valence-electron chi connectivity index (χ4n) is 5.46. The number of aromatic amines is 1. The lowest BCUT2D eigenvalue weighted by Crippen LogP contribution is -2.51. The van der Waals surface area contributed by atoms with Gasteiger partial charge in [-0.2, -0.15) is 0 Å². The summed E-state index contributed by atoms with van der Waals surface area (Å²) in [5.41, 5.74) is 2.80. The average Bonchev–Trinajstić information content (AvgIpc) is 2.96. The fourth-order valence-corrected chi connectivity index (χ4v) is 5.46. The van der Waals surface area contributed by atoms with Gasteiger partial charge in [0.2, 0.25) is 0 Å². The van der Waals surface area contributed by atoms with Crippen molar-refractivity contribution >= 4 is 17.2 Å². The van der Waals surface area contributed by atoms with Gasteiger partial charge < -0.3 is 9.30 Å². The molecule has 3 aromatic rings. The van der Waals surface area contributed by atoms with Gasteiger partial charge in [0.25, 0.3) is 0 Å². The van der Waals surface area contributed by atoms with Gasteiger partial charge in [-0.15, -0.1) is 0 Å². The predicted molar refractivity (Wildman–Crippen MR) is 101 cm³/mol. The molecule has 0 bridgehead atoms. The monoisotopic (exact) mass is 379 g/mol. The maximum absolute atomic E-state index is 11.9. The molecule has 1 aromatic carbocycles. The summed E-state index contributed by atoms with van der Waals surface area (Å²) < 4.78 is 12.2. The molecule has 1 aliphatic heterocycles. The number of benzene rings is 1. The summed E-state index contributed by atoms with van der Waals surface area (Å²) in [6.07, 6.45) is 4.05. The van der Waals surface area contributed by atoms with E-state index in [1.54, 1.807) is 0 Å². The molecule has 3 aliphatic rings. The Morgan fingerprint density at radius 1 is 1.25 bits per heavy atom. The molecule has 1 saturated heterocycles. The van der Waals surface area contributed by atoms with E-state index < -0.39 is 11.3 Å². The van der Waals surface area contributed by atoms with Crippen molar-refractivity contribution in [3.63, 3.8) is 0 Å². The van der Waals surface area contributed by atoms with Gasteiger partial charge >= 0.3 is 5.76 Å². The number of ether oxygens (including phenoxy) is 1. The first-order chi connectivity index (χ1) is 13.5. The van der Waals surface area contributed by atoms with Crippen LogP contribution in [0.25, 0.3) is 10.9 Å². The van der Waals surface area contributed by atoms with Crippen molar-refractivity contribution in [3.8, 4) is 0 Å². The minimum Gasteiger partial charge on any atom is -0.380 e. The molecule has 2 unspecified atom stereocenters. The van der Waals surface area contributed by atoms with Gasteiger partial charge in [-0.25, -0.2) is 4.79 Å². The van der Waals surface area contributed by atoms with Gasteiger partial charge in [-0.1, -0.05) is 18.1 Å². The second-order valence-electron chi connectivity index (χ2n) is 8.91. The third-order valence-corrected chi connectivity index (χ3v) is 7.14. The molecule has 3 fully saturated rings. The van der Waals surface area contributed by atoms with Crippen LogP contribution in [0, 0.1) is 11.3 Å². The van der Waals surface area contributed by atoms with Crippen molar-refractivity contribution in [3.05, 3.63) is 51.9 Å². The quantitative estimate of drug-likeness (QED) is 0.704. The van der Waals surface area contributed by atoms with E-state index in [4.69, 9.17) is 9.26 Å². The first-order valence-corrected chi connectivity index (χ1v) is 9.80. The van der Waals surface area contributed by atoms with Crippen molar-refractivity contribution in [1.82, 2.24) is 14.7 Å². The number of nitrogens with zero attached hydrogens (tertiary/aromatic N) is 2. The Morgan fingerprint density at radius 3 is 2.61 bits per heavy atom. The molecule has 7 heteroatoms. The number of carbonyl (C=O) groups is 1. The molecule has 144 valence electrons. The van der Waals surface area contributed by atoms with Gasteiger partial charge in [0, 0.05) is 16.3 Å². The Balaban J connectivity index is 1.44. The summed E-state index contributed by atoms with van der Waals surface area (Å²) in [7, 11) is 0. The molecule has 28 heavy (non-hydrogen) atoms. The second kappa shape index (κ2) is 5.23. The third-order valence-electron chi connectivity index (χ3n) is 7.14. The lowest BCUT2D eigenvalue weighted by atomic mass is 9.59. The average molecular weight is 379 g/mol. The van der Waals surface area contributed by atoms with Crippen molar-refractivity contribution in [2.75, 3.05) is 13.2 Å². The zero-order valence-corrected chi connectivity index (χ0v) is 15.6. The van der Waals surface area contributed by atoms with Crippen LogP contribution in [0.2, 0.25) is 0 Å². The van der Waals surface area contributed by atoms with Crippen molar-refractivity contribution in [2.24, 2.45) is 11.3 Å². The number of carbonyl (C=O) groups excluding carboxylic acids is 1. The Morgan fingerprint density at radius 2 is 2.04 bits per heavy atom. The molecule has 7 nitrogen and oxygen atoms in total. The molecule has 6 rings (SSSR count). The van der Waals surface area contributed by atoms with E-state index in [1.165, 1.54) is 18.4 Å². The highest BCUT2D eigenvalue weighted by Crippen LogP contribution is 2.57. The van der Waals surface area contributed by atoms with E-state index in [0.717, 1.165) is 36.8 Å². The number of nitrogens with one attached hydrogen (secondary N) is 1. The second-order valence-corrected chi connectivity index (χ2v) is 8.91. The highest BCUT2D eigenvalue weighted by atomic mass is 16.5. The van der Waals surface area contributed by atoms with Gasteiger partial charge in [0.1, 0.15) is 5.54 Å². The van der Waals surface area contributed by atoms with Crippen LogP contribution in [0.15, 0.2) is 33.6 Å². The van der Waals surface area contributed by atoms with Crippen molar-refractivity contribution < 1.29 is 14.1 Å². The number of rotatable bonds is 4.